The zero-order chi connectivity index (χ0) is 17.0. The van der Waals surface area contributed by atoms with Gasteiger partial charge in [0.25, 0.3) is 0 Å². The van der Waals surface area contributed by atoms with E-state index in [1.807, 2.05) is 0 Å². The van der Waals surface area contributed by atoms with Gasteiger partial charge in [0.2, 0.25) is 6.29 Å². The van der Waals surface area contributed by atoms with Crippen molar-refractivity contribution in [3.05, 3.63) is 29.8 Å². The molecule has 1 amide bonds. The molecule has 5 atom stereocenters. The third kappa shape index (κ3) is 4.32. The fourth-order valence-electron chi connectivity index (χ4n) is 2.18. The standard InChI is InChI=1S/C15H21NO7/c1-8-11(17)12(18)13(19)14(22-8)23-10-5-3-9(4-6-10)7-16-15(20)21-2/h3-6,8,11-14,17-19H,7H2,1-2H3,(H,16,20)/t8-,11-,12+,13+,14-/m0/s1. The zero-order valence-electron chi connectivity index (χ0n) is 12.9. The van der Waals surface area contributed by atoms with Crippen molar-refractivity contribution in [2.75, 3.05) is 7.11 Å². The highest BCUT2D eigenvalue weighted by molar-refractivity contribution is 5.66. The largest absolute Gasteiger partial charge is 0.462 e. The number of nitrogens with one attached hydrogen (secondary N) is 1. The van der Waals surface area contributed by atoms with Gasteiger partial charge in [-0.3, -0.25) is 0 Å². The van der Waals surface area contributed by atoms with Crippen LogP contribution in [0.1, 0.15) is 12.5 Å². The van der Waals surface area contributed by atoms with Crippen LogP contribution >= 0.6 is 0 Å². The van der Waals surface area contributed by atoms with Crippen molar-refractivity contribution in [3.8, 4) is 5.75 Å². The zero-order valence-corrected chi connectivity index (χ0v) is 12.9. The second-order valence-corrected chi connectivity index (χ2v) is 5.29. The van der Waals surface area contributed by atoms with E-state index in [9.17, 15) is 20.1 Å². The van der Waals surface area contributed by atoms with Crippen LogP contribution in [0.3, 0.4) is 0 Å². The Morgan fingerprint density at radius 1 is 1.17 bits per heavy atom. The van der Waals surface area contributed by atoms with Crippen LogP contribution < -0.4 is 10.1 Å². The molecule has 0 aliphatic carbocycles. The second kappa shape index (κ2) is 7.60. The lowest BCUT2D eigenvalue weighted by Gasteiger charge is -2.38. The van der Waals surface area contributed by atoms with Gasteiger partial charge in [-0.15, -0.1) is 0 Å². The molecular weight excluding hydrogens is 306 g/mol. The topological polar surface area (TPSA) is 117 Å². The van der Waals surface area contributed by atoms with Crippen LogP contribution in [0.15, 0.2) is 24.3 Å². The fourth-order valence-corrected chi connectivity index (χ4v) is 2.18. The van der Waals surface area contributed by atoms with Crippen molar-refractivity contribution < 1.29 is 34.3 Å². The third-order valence-corrected chi connectivity index (χ3v) is 3.61. The summed E-state index contributed by atoms with van der Waals surface area (Å²) in [7, 11) is 1.29. The Balaban J connectivity index is 1.94. The molecule has 128 valence electrons. The Labute approximate surface area is 133 Å². The summed E-state index contributed by atoms with van der Waals surface area (Å²) in [6.07, 6.45) is -6.14. The molecular formula is C15H21NO7. The molecule has 0 saturated carbocycles. The normalized spacial score (nSPS) is 30.6. The lowest BCUT2D eigenvalue weighted by atomic mass is 10.00. The van der Waals surface area contributed by atoms with Crippen LogP contribution in [0.4, 0.5) is 4.79 Å². The van der Waals surface area contributed by atoms with E-state index in [4.69, 9.17) is 9.47 Å². The number of rotatable bonds is 4. The van der Waals surface area contributed by atoms with E-state index < -0.39 is 36.8 Å². The number of amides is 1. The van der Waals surface area contributed by atoms with Crippen molar-refractivity contribution >= 4 is 6.09 Å². The average Bonchev–Trinajstić information content (AvgIpc) is 2.56. The highest BCUT2D eigenvalue weighted by Crippen LogP contribution is 2.24. The van der Waals surface area contributed by atoms with E-state index in [0.717, 1.165) is 5.56 Å². The molecule has 23 heavy (non-hydrogen) atoms. The molecule has 2 rings (SSSR count). The summed E-state index contributed by atoms with van der Waals surface area (Å²) in [6.45, 7) is 1.88. The summed E-state index contributed by atoms with van der Waals surface area (Å²) in [5.41, 5.74) is 0.830. The van der Waals surface area contributed by atoms with E-state index in [-0.39, 0.29) is 0 Å². The average molecular weight is 327 g/mol. The van der Waals surface area contributed by atoms with Crippen molar-refractivity contribution in [1.82, 2.24) is 5.32 Å². The lowest BCUT2D eigenvalue weighted by Crippen LogP contribution is -2.58. The summed E-state index contributed by atoms with van der Waals surface area (Å²) in [4.78, 5) is 11.0. The van der Waals surface area contributed by atoms with Crippen molar-refractivity contribution in [3.63, 3.8) is 0 Å². The minimum Gasteiger partial charge on any atom is -0.462 e. The molecule has 0 spiro atoms. The van der Waals surface area contributed by atoms with Crippen LogP contribution in [-0.2, 0) is 16.0 Å². The quantitative estimate of drug-likeness (QED) is 0.602. The van der Waals surface area contributed by atoms with E-state index in [1.54, 1.807) is 31.2 Å². The number of alkyl carbamates (subject to hydrolysis) is 1. The first-order valence-corrected chi connectivity index (χ1v) is 7.19. The maximum absolute atomic E-state index is 11.0. The minimum absolute atomic E-state index is 0.303. The summed E-state index contributed by atoms with van der Waals surface area (Å²) < 4.78 is 15.3. The van der Waals surface area contributed by atoms with Gasteiger partial charge in [0.1, 0.15) is 24.1 Å². The van der Waals surface area contributed by atoms with Crippen molar-refractivity contribution in [2.24, 2.45) is 0 Å². The molecule has 1 aliphatic heterocycles. The number of aliphatic hydroxyl groups is 3. The van der Waals surface area contributed by atoms with E-state index >= 15 is 0 Å². The van der Waals surface area contributed by atoms with E-state index in [0.29, 0.717) is 12.3 Å². The Hall–Kier alpha value is -1.87. The predicted molar refractivity (Wildman–Crippen MR) is 78.7 cm³/mol. The summed E-state index contributed by atoms with van der Waals surface area (Å²) >= 11 is 0. The Morgan fingerprint density at radius 3 is 2.43 bits per heavy atom. The molecule has 1 heterocycles. The Morgan fingerprint density at radius 2 is 1.83 bits per heavy atom. The molecule has 1 fully saturated rings. The van der Waals surface area contributed by atoms with Gasteiger partial charge in [-0.25, -0.2) is 4.79 Å². The number of hydrogen-bond donors (Lipinski definition) is 4. The first-order chi connectivity index (χ1) is 10.9. The van der Waals surface area contributed by atoms with Crippen LogP contribution in [0.2, 0.25) is 0 Å². The van der Waals surface area contributed by atoms with Gasteiger partial charge in [0, 0.05) is 6.54 Å². The number of ether oxygens (including phenoxy) is 3. The molecule has 4 N–H and O–H groups in total. The molecule has 0 unspecified atom stereocenters. The van der Waals surface area contributed by atoms with Crippen LogP contribution in [0.5, 0.6) is 5.75 Å². The van der Waals surface area contributed by atoms with Gasteiger partial charge >= 0.3 is 6.09 Å². The Kier molecular flexibility index (Phi) is 5.78. The molecule has 0 radical (unpaired) electrons. The maximum atomic E-state index is 11.0. The highest BCUT2D eigenvalue weighted by atomic mass is 16.7. The number of benzene rings is 1. The smallest absolute Gasteiger partial charge is 0.407 e. The minimum atomic E-state index is -1.36. The van der Waals surface area contributed by atoms with Gasteiger partial charge in [-0.1, -0.05) is 12.1 Å². The molecule has 8 heteroatoms. The SMILES string of the molecule is COC(=O)NCc1ccc(O[C@@H]2O[C@@H](C)[C@H](O)[C@@H](O)[C@H]2O)cc1. The first-order valence-electron chi connectivity index (χ1n) is 7.19. The van der Waals surface area contributed by atoms with E-state index in [1.165, 1.54) is 7.11 Å². The number of carbonyl (C=O) groups excluding carboxylic acids is 1. The maximum Gasteiger partial charge on any atom is 0.407 e. The summed E-state index contributed by atoms with van der Waals surface area (Å²) in [5.74, 6) is 0.423. The lowest BCUT2D eigenvalue weighted by molar-refractivity contribution is -0.268. The first kappa shape index (κ1) is 17.5. The van der Waals surface area contributed by atoms with Gasteiger partial charge in [-0.05, 0) is 24.6 Å². The van der Waals surface area contributed by atoms with Gasteiger partial charge in [0.15, 0.2) is 0 Å². The van der Waals surface area contributed by atoms with Crippen LogP contribution in [0.25, 0.3) is 0 Å². The molecule has 1 saturated heterocycles. The van der Waals surface area contributed by atoms with Gasteiger partial charge in [-0.2, -0.15) is 0 Å². The summed E-state index contributed by atoms with van der Waals surface area (Å²) in [5, 5.41) is 31.8. The molecule has 8 nitrogen and oxygen atoms in total. The number of carbonyl (C=O) groups is 1. The van der Waals surface area contributed by atoms with Crippen LogP contribution in [-0.4, -0.2) is 59.2 Å². The molecule has 0 bridgehead atoms. The molecule has 1 aliphatic rings. The number of aliphatic hydroxyl groups excluding tert-OH is 3. The summed E-state index contributed by atoms with van der Waals surface area (Å²) in [6, 6.07) is 6.75. The van der Waals surface area contributed by atoms with Gasteiger partial charge in [0.05, 0.1) is 13.2 Å². The second-order valence-electron chi connectivity index (χ2n) is 5.29. The fraction of sp³-hybridized carbons (Fsp3) is 0.533. The molecule has 1 aromatic rings. The number of hydrogen-bond acceptors (Lipinski definition) is 7. The Bertz CT molecular complexity index is 521. The number of methoxy groups -OCH3 is 1. The predicted octanol–water partition coefficient (Wildman–Crippen LogP) is -0.251. The molecule has 0 aromatic heterocycles. The van der Waals surface area contributed by atoms with E-state index in [2.05, 4.69) is 10.1 Å². The van der Waals surface area contributed by atoms with Gasteiger partial charge < -0.3 is 34.8 Å². The van der Waals surface area contributed by atoms with Crippen LogP contribution in [0, 0.1) is 0 Å². The van der Waals surface area contributed by atoms with Crippen molar-refractivity contribution in [2.45, 2.75) is 44.2 Å². The third-order valence-electron chi connectivity index (χ3n) is 3.61. The highest BCUT2D eigenvalue weighted by Gasteiger charge is 2.43. The monoisotopic (exact) mass is 327 g/mol. The van der Waals surface area contributed by atoms with Crippen molar-refractivity contribution in [1.29, 1.82) is 0 Å². The molecule has 1 aromatic carbocycles.